The maximum Gasteiger partial charge on any atom is 0.0542 e. The normalized spacial score (nSPS) is 11.9. The van der Waals surface area contributed by atoms with Crippen LogP contribution in [0.3, 0.4) is 0 Å². The van der Waals surface area contributed by atoms with Gasteiger partial charge < -0.3 is 0 Å². The monoisotopic (exact) mass is 656 g/mol. The summed E-state index contributed by atoms with van der Waals surface area (Å²) in [5.41, 5.74) is 10.1. The van der Waals surface area contributed by atoms with E-state index in [-0.39, 0.29) is 0 Å². The zero-order valence-electron chi connectivity index (χ0n) is 24.5. The lowest BCUT2D eigenvalue weighted by Gasteiger charge is -2.06. The lowest BCUT2D eigenvalue weighted by molar-refractivity contribution is 1.63. The van der Waals surface area contributed by atoms with Crippen molar-refractivity contribution in [2.75, 3.05) is 0 Å². The van der Waals surface area contributed by atoms with Gasteiger partial charge in [0.05, 0.1) is 9.40 Å². The number of benzene rings is 6. The molecule has 4 heterocycles. The molecule has 46 heavy (non-hydrogen) atoms. The lowest BCUT2D eigenvalue weighted by atomic mass is 9.99. The molecule has 10 aromatic rings. The molecule has 0 amide bonds. The number of thiophene rings is 4. The lowest BCUT2D eigenvalue weighted by Crippen LogP contribution is -1.80. The summed E-state index contributed by atoms with van der Waals surface area (Å²) in [4.78, 5) is 0. The Labute approximate surface area is 282 Å². The summed E-state index contributed by atoms with van der Waals surface area (Å²) in [5.74, 6) is 0. The largest absolute Gasteiger partial charge is 0.144 e. The van der Waals surface area contributed by atoms with Crippen LogP contribution in [0.15, 0.2) is 144 Å². The standard InChI is InChI=1S/C42H24S4/c1-5-27(6-2-25(1)31-11-9-29-17-19-43-37(29)21-31)33-13-15-35-39(23-33)45-42-36-16-14-34(24-40(36)46-41(35)42)28-7-3-26(4-8-28)32-12-10-30-18-20-44-38(30)22-32/h1-24H. The third kappa shape index (κ3) is 4.37. The molecular formula is C42H24S4. The van der Waals surface area contributed by atoms with E-state index < -0.39 is 0 Å². The first-order valence-corrected chi connectivity index (χ1v) is 18.7. The molecule has 0 spiro atoms. The predicted octanol–water partition coefficient (Wildman–Crippen LogP) is 14.4. The van der Waals surface area contributed by atoms with E-state index in [4.69, 9.17) is 0 Å². The minimum atomic E-state index is 1.26. The molecule has 4 heteroatoms. The Hall–Kier alpha value is -4.58. The van der Waals surface area contributed by atoms with E-state index in [9.17, 15) is 0 Å². The summed E-state index contributed by atoms with van der Waals surface area (Å²) in [5, 5.41) is 9.68. The first-order valence-electron chi connectivity index (χ1n) is 15.3. The topological polar surface area (TPSA) is 0 Å². The molecule has 0 aliphatic heterocycles. The fourth-order valence-corrected chi connectivity index (χ4v) is 11.0. The Morgan fingerprint density at radius 1 is 0.283 bits per heavy atom. The molecule has 0 saturated heterocycles. The summed E-state index contributed by atoms with van der Waals surface area (Å²) in [6.07, 6.45) is 0. The summed E-state index contributed by atoms with van der Waals surface area (Å²) in [7, 11) is 0. The van der Waals surface area contributed by atoms with Crippen LogP contribution >= 0.6 is 45.3 Å². The molecule has 0 aliphatic rings. The van der Waals surface area contributed by atoms with Crippen molar-refractivity contribution in [3.8, 4) is 44.5 Å². The summed E-state index contributed by atoms with van der Waals surface area (Å²) in [6.45, 7) is 0. The van der Waals surface area contributed by atoms with Crippen LogP contribution in [-0.2, 0) is 0 Å². The Balaban J connectivity index is 0.949. The fraction of sp³-hybridized carbons (Fsp3) is 0. The average Bonchev–Trinajstić information content (AvgIpc) is 3.91. The first kappa shape index (κ1) is 26.6. The molecule has 4 aromatic heterocycles. The third-order valence-corrected chi connectivity index (χ3v) is 13.4. The molecule has 0 saturated carbocycles. The van der Waals surface area contributed by atoms with Crippen molar-refractivity contribution in [1.29, 1.82) is 0 Å². The highest BCUT2D eigenvalue weighted by Gasteiger charge is 2.14. The molecule has 6 aromatic carbocycles. The molecule has 216 valence electrons. The van der Waals surface area contributed by atoms with Gasteiger partial charge in [-0.15, -0.1) is 45.3 Å². The van der Waals surface area contributed by atoms with Gasteiger partial charge in [-0.1, -0.05) is 97.1 Å². The molecule has 0 N–H and O–H groups in total. The van der Waals surface area contributed by atoms with Crippen molar-refractivity contribution >= 4 is 95.1 Å². The van der Waals surface area contributed by atoms with Gasteiger partial charge in [-0.3, -0.25) is 0 Å². The first-order chi connectivity index (χ1) is 22.7. The minimum Gasteiger partial charge on any atom is -0.144 e. The van der Waals surface area contributed by atoms with E-state index >= 15 is 0 Å². The summed E-state index contributed by atoms with van der Waals surface area (Å²) < 4.78 is 8.19. The van der Waals surface area contributed by atoms with Gasteiger partial charge in [0.15, 0.2) is 0 Å². The summed E-state index contributed by atoms with van der Waals surface area (Å²) >= 11 is 7.45. The highest BCUT2D eigenvalue weighted by Crippen LogP contribution is 2.46. The van der Waals surface area contributed by atoms with E-state index in [1.54, 1.807) is 22.7 Å². The third-order valence-electron chi connectivity index (χ3n) is 9.10. The van der Waals surface area contributed by atoms with Crippen molar-refractivity contribution in [1.82, 2.24) is 0 Å². The van der Waals surface area contributed by atoms with Crippen LogP contribution in [0.1, 0.15) is 0 Å². The molecule has 0 nitrogen and oxygen atoms in total. The number of rotatable bonds is 4. The van der Waals surface area contributed by atoms with E-state index in [1.165, 1.54) is 94.3 Å². The van der Waals surface area contributed by atoms with Crippen LogP contribution in [0.2, 0.25) is 0 Å². The van der Waals surface area contributed by atoms with Gasteiger partial charge >= 0.3 is 0 Å². The molecule has 0 bridgehead atoms. The average molecular weight is 657 g/mol. The van der Waals surface area contributed by atoms with E-state index in [0.29, 0.717) is 0 Å². The Bertz CT molecular complexity index is 2540. The van der Waals surface area contributed by atoms with Gasteiger partial charge in [0, 0.05) is 29.6 Å². The van der Waals surface area contributed by atoms with Gasteiger partial charge in [0.1, 0.15) is 0 Å². The van der Waals surface area contributed by atoms with Crippen LogP contribution < -0.4 is 0 Å². The Morgan fingerprint density at radius 2 is 0.609 bits per heavy atom. The van der Waals surface area contributed by atoms with Crippen LogP contribution in [-0.4, -0.2) is 0 Å². The second kappa shape index (κ2) is 10.5. The van der Waals surface area contributed by atoms with Gasteiger partial charge in [0.2, 0.25) is 0 Å². The van der Waals surface area contributed by atoms with E-state index in [1.807, 2.05) is 22.7 Å². The highest BCUT2D eigenvalue weighted by atomic mass is 32.1. The van der Waals surface area contributed by atoms with Crippen LogP contribution in [0.25, 0.3) is 94.3 Å². The van der Waals surface area contributed by atoms with Gasteiger partial charge in [-0.25, -0.2) is 0 Å². The smallest absolute Gasteiger partial charge is 0.0542 e. The minimum absolute atomic E-state index is 1.26. The second-order valence-corrected chi connectivity index (χ2v) is 15.8. The van der Waals surface area contributed by atoms with Crippen LogP contribution in [0, 0.1) is 0 Å². The van der Waals surface area contributed by atoms with Crippen molar-refractivity contribution in [3.05, 3.63) is 144 Å². The molecule has 0 fully saturated rings. The SMILES string of the molecule is c1cc2ccc(-c3ccc(-c4ccc5c(c4)sc4c6ccc(-c7ccc(-c8ccc9ccsc9c8)cc7)cc6sc54)cc3)cc2s1. The Morgan fingerprint density at radius 3 is 1.00 bits per heavy atom. The second-order valence-electron chi connectivity index (χ2n) is 11.8. The van der Waals surface area contributed by atoms with Crippen molar-refractivity contribution in [3.63, 3.8) is 0 Å². The Kier molecular flexibility index (Phi) is 6.06. The molecule has 0 aliphatic carbocycles. The number of hydrogen-bond acceptors (Lipinski definition) is 4. The molecule has 10 rings (SSSR count). The van der Waals surface area contributed by atoms with Gasteiger partial charge in [-0.05, 0) is 102 Å². The molecular weight excluding hydrogens is 633 g/mol. The zero-order valence-corrected chi connectivity index (χ0v) is 27.8. The van der Waals surface area contributed by atoms with Gasteiger partial charge in [-0.2, -0.15) is 0 Å². The number of hydrogen-bond donors (Lipinski definition) is 0. The van der Waals surface area contributed by atoms with Crippen LogP contribution in [0.5, 0.6) is 0 Å². The number of fused-ring (bicyclic) bond motifs is 7. The van der Waals surface area contributed by atoms with Crippen LogP contribution in [0.4, 0.5) is 0 Å². The fourth-order valence-electron chi connectivity index (χ4n) is 6.59. The maximum absolute atomic E-state index is 2.37. The molecule has 0 radical (unpaired) electrons. The van der Waals surface area contributed by atoms with Gasteiger partial charge in [0.25, 0.3) is 0 Å². The maximum atomic E-state index is 2.37. The zero-order chi connectivity index (χ0) is 30.2. The molecule has 0 atom stereocenters. The van der Waals surface area contributed by atoms with Crippen molar-refractivity contribution in [2.45, 2.75) is 0 Å². The summed E-state index contributed by atoms with van der Waals surface area (Å²) in [6, 6.07) is 49.9. The predicted molar refractivity (Wildman–Crippen MR) is 207 cm³/mol. The van der Waals surface area contributed by atoms with Crippen molar-refractivity contribution < 1.29 is 0 Å². The quantitative estimate of drug-likeness (QED) is 0.177. The molecule has 0 unspecified atom stereocenters. The van der Waals surface area contributed by atoms with E-state index in [2.05, 4.69) is 144 Å². The van der Waals surface area contributed by atoms with Crippen molar-refractivity contribution in [2.24, 2.45) is 0 Å². The highest BCUT2D eigenvalue weighted by molar-refractivity contribution is 7.36. The van der Waals surface area contributed by atoms with E-state index in [0.717, 1.165) is 0 Å².